The molecule has 2 atom stereocenters. The van der Waals surface area contributed by atoms with E-state index in [0.29, 0.717) is 23.5 Å². The molecule has 0 bridgehead atoms. The highest BCUT2D eigenvalue weighted by atomic mass is 16.5. The molecule has 0 fully saturated rings. The quantitative estimate of drug-likeness (QED) is 0.613. The van der Waals surface area contributed by atoms with Crippen LogP contribution in [0.15, 0.2) is 28.6 Å². The van der Waals surface area contributed by atoms with Crippen LogP contribution in [0.4, 0.5) is 0 Å². The van der Waals surface area contributed by atoms with Crippen LogP contribution in [0.5, 0.6) is 11.5 Å². The van der Waals surface area contributed by atoms with Gasteiger partial charge in [-0.05, 0) is 47.9 Å². The SMILES string of the molecule is CC[C@H]1C(=NO)C2=C(CC(C)(C)CC2=O)N2CCc3cc(OC)c(OC)cc3[C@@H]12. The summed E-state index contributed by atoms with van der Waals surface area (Å²) in [7, 11) is 3.30. The maximum atomic E-state index is 13.1. The lowest BCUT2D eigenvalue weighted by Gasteiger charge is -2.51. The molecule has 6 nitrogen and oxygen atoms in total. The number of rotatable bonds is 3. The van der Waals surface area contributed by atoms with Crippen LogP contribution < -0.4 is 9.47 Å². The Labute approximate surface area is 172 Å². The fourth-order valence-corrected chi connectivity index (χ4v) is 5.41. The van der Waals surface area contributed by atoms with Gasteiger partial charge in [-0.15, -0.1) is 0 Å². The molecule has 4 rings (SSSR count). The van der Waals surface area contributed by atoms with Gasteiger partial charge in [0.1, 0.15) is 0 Å². The van der Waals surface area contributed by atoms with E-state index in [1.807, 2.05) is 0 Å². The van der Waals surface area contributed by atoms with E-state index >= 15 is 0 Å². The first-order chi connectivity index (χ1) is 13.8. The first-order valence-corrected chi connectivity index (χ1v) is 10.3. The average Bonchev–Trinajstić information content (AvgIpc) is 2.70. The molecular formula is C23H30N2O4. The molecule has 0 radical (unpaired) electrons. The number of methoxy groups -OCH3 is 2. The van der Waals surface area contributed by atoms with Crippen molar-refractivity contribution in [3.8, 4) is 11.5 Å². The smallest absolute Gasteiger partial charge is 0.167 e. The summed E-state index contributed by atoms with van der Waals surface area (Å²) in [6, 6.07) is 4.15. The highest BCUT2D eigenvalue weighted by Gasteiger charge is 2.48. The molecule has 1 N–H and O–H groups in total. The molecule has 0 saturated heterocycles. The van der Waals surface area contributed by atoms with E-state index in [9.17, 15) is 10.0 Å². The molecule has 1 aromatic rings. The minimum absolute atomic E-state index is 0.0231. The van der Waals surface area contributed by atoms with Gasteiger partial charge in [-0.1, -0.05) is 25.9 Å². The third-order valence-corrected chi connectivity index (χ3v) is 6.66. The zero-order valence-corrected chi connectivity index (χ0v) is 17.9. The number of fused-ring (bicyclic) bond motifs is 4. The van der Waals surface area contributed by atoms with E-state index in [2.05, 4.69) is 43.0 Å². The predicted molar refractivity (Wildman–Crippen MR) is 111 cm³/mol. The Bertz CT molecular complexity index is 916. The van der Waals surface area contributed by atoms with Crippen molar-refractivity contribution in [3.63, 3.8) is 0 Å². The minimum atomic E-state index is -0.0992. The minimum Gasteiger partial charge on any atom is -0.493 e. The largest absolute Gasteiger partial charge is 0.493 e. The second-order valence-corrected chi connectivity index (χ2v) is 9.06. The second kappa shape index (κ2) is 7.08. The van der Waals surface area contributed by atoms with Crippen molar-refractivity contribution in [1.82, 2.24) is 4.90 Å². The summed E-state index contributed by atoms with van der Waals surface area (Å²) in [4.78, 5) is 15.5. The molecule has 6 heteroatoms. The van der Waals surface area contributed by atoms with Gasteiger partial charge in [0.25, 0.3) is 0 Å². The molecule has 2 heterocycles. The summed E-state index contributed by atoms with van der Waals surface area (Å²) >= 11 is 0. The summed E-state index contributed by atoms with van der Waals surface area (Å²) in [5, 5.41) is 13.6. The van der Waals surface area contributed by atoms with E-state index in [1.165, 1.54) is 11.1 Å². The summed E-state index contributed by atoms with van der Waals surface area (Å²) in [6.45, 7) is 7.20. The van der Waals surface area contributed by atoms with Crippen molar-refractivity contribution in [3.05, 3.63) is 34.5 Å². The fraction of sp³-hybridized carbons (Fsp3) is 0.565. The zero-order valence-electron chi connectivity index (χ0n) is 17.9. The lowest BCUT2D eigenvalue weighted by Crippen LogP contribution is -2.50. The Morgan fingerprint density at radius 2 is 1.90 bits per heavy atom. The topological polar surface area (TPSA) is 71.4 Å². The van der Waals surface area contributed by atoms with Crippen molar-refractivity contribution in [2.24, 2.45) is 16.5 Å². The highest BCUT2D eigenvalue weighted by Crippen LogP contribution is 2.51. The Morgan fingerprint density at radius 3 is 2.52 bits per heavy atom. The van der Waals surface area contributed by atoms with E-state index in [1.54, 1.807) is 14.2 Å². The van der Waals surface area contributed by atoms with Crippen molar-refractivity contribution < 1.29 is 19.5 Å². The molecule has 3 aliphatic rings. The van der Waals surface area contributed by atoms with Gasteiger partial charge in [-0.3, -0.25) is 4.79 Å². The van der Waals surface area contributed by atoms with Crippen LogP contribution in [0.3, 0.4) is 0 Å². The molecule has 2 aliphatic heterocycles. The first kappa shape index (κ1) is 19.8. The Hall–Kier alpha value is -2.50. The number of allylic oxidation sites excluding steroid dienone is 2. The monoisotopic (exact) mass is 398 g/mol. The number of ketones is 1. The van der Waals surface area contributed by atoms with Crippen LogP contribution in [-0.4, -0.2) is 42.4 Å². The van der Waals surface area contributed by atoms with E-state index in [-0.39, 0.29) is 23.2 Å². The molecule has 0 saturated carbocycles. The van der Waals surface area contributed by atoms with Crippen molar-refractivity contribution in [1.29, 1.82) is 0 Å². The van der Waals surface area contributed by atoms with Gasteiger partial charge in [-0.2, -0.15) is 0 Å². The number of carbonyl (C=O) groups is 1. The molecule has 156 valence electrons. The Balaban J connectivity index is 1.92. The van der Waals surface area contributed by atoms with E-state index in [4.69, 9.17) is 9.47 Å². The van der Waals surface area contributed by atoms with Crippen LogP contribution in [0.25, 0.3) is 0 Å². The molecule has 0 aromatic heterocycles. The molecule has 0 amide bonds. The maximum absolute atomic E-state index is 13.1. The first-order valence-electron chi connectivity index (χ1n) is 10.3. The number of benzene rings is 1. The van der Waals surface area contributed by atoms with Gasteiger partial charge in [0, 0.05) is 24.6 Å². The molecule has 1 aliphatic carbocycles. The van der Waals surface area contributed by atoms with E-state index < -0.39 is 0 Å². The van der Waals surface area contributed by atoms with Crippen molar-refractivity contribution in [2.45, 2.75) is 52.5 Å². The maximum Gasteiger partial charge on any atom is 0.167 e. The summed E-state index contributed by atoms with van der Waals surface area (Å²) in [6.07, 6.45) is 2.95. The number of carbonyl (C=O) groups excluding carboxylic acids is 1. The average molecular weight is 399 g/mol. The molecule has 1 aromatic carbocycles. The number of oxime groups is 1. The standard InChI is InChI=1S/C23H30N2O4/c1-6-14-21(24-27)20-16(11-23(2,3)12-17(20)26)25-8-7-13-9-18(28-4)19(29-5)10-15(13)22(14)25/h9-10,14,22,27H,6-8,11-12H2,1-5H3/t14-,22+/m0/s1. The van der Waals surface area contributed by atoms with Gasteiger partial charge < -0.3 is 19.6 Å². The predicted octanol–water partition coefficient (Wildman–Crippen LogP) is 4.12. The number of nitrogens with zero attached hydrogens (tertiary/aromatic N) is 2. The molecule has 29 heavy (non-hydrogen) atoms. The lowest BCUT2D eigenvalue weighted by atomic mass is 9.67. The Morgan fingerprint density at radius 1 is 1.21 bits per heavy atom. The number of Topliss-reactive ketones (excluding diaryl/α,β-unsaturated/α-hetero) is 1. The number of hydrogen-bond acceptors (Lipinski definition) is 6. The van der Waals surface area contributed by atoms with Gasteiger partial charge in [0.15, 0.2) is 17.3 Å². The van der Waals surface area contributed by atoms with Gasteiger partial charge in [-0.25, -0.2) is 0 Å². The van der Waals surface area contributed by atoms with E-state index in [0.717, 1.165) is 37.3 Å². The summed E-state index contributed by atoms with van der Waals surface area (Å²) in [5.74, 6) is 1.47. The molecule has 0 unspecified atom stereocenters. The number of ether oxygens (including phenoxy) is 2. The molecular weight excluding hydrogens is 368 g/mol. The molecule has 0 spiro atoms. The third-order valence-electron chi connectivity index (χ3n) is 6.66. The normalized spacial score (nSPS) is 26.7. The lowest BCUT2D eigenvalue weighted by molar-refractivity contribution is -0.118. The number of hydrogen-bond donors (Lipinski definition) is 1. The third kappa shape index (κ3) is 3.00. The van der Waals surface area contributed by atoms with Gasteiger partial charge >= 0.3 is 0 Å². The van der Waals surface area contributed by atoms with Crippen molar-refractivity contribution >= 4 is 11.5 Å². The van der Waals surface area contributed by atoms with Gasteiger partial charge in [0.05, 0.1) is 31.5 Å². The summed E-state index contributed by atoms with van der Waals surface area (Å²) < 4.78 is 11.1. The highest BCUT2D eigenvalue weighted by molar-refractivity contribution is 6.24. The Kier molecular flexibility index (Phi) is 4.83. The van der Waals surface area contributed by atoms with Crippen LogP contribution in [0.2, 0.25) is 0 Å². The fourth-order valence-electron chi connectivity index (χ4n) is 5.41. The van der Waals surface area contributed by atoms with Crippen LogP contribution in [0, 0.1) is 11.3 Å². The van der Waals surface area contributed by atoms with Crippen LogP contribution in [0.1, 0.15) is 57.2 Å². The van der Waals surface area contributed by atoms with Crippen LogP contribution >= 0.6 is 0 Å². The summed E-state index contributed by atoms with van der Waals surface area (Å²) in [5.41, 5.74) is 4.53. The second-order valence-electron chi connectivity index (χ2n) is 9.06. The van der Waals surface area contributed by atoms with Gasteiger partial charge in [0.2, 0.25) is 0 Å². The van der Waals surface area contributed by atoms with Crippen molar-refractivity contribution in [2.75, 3.05) is 20.8 Å². The zero-order chi connectivity index (χ0) is 20.9. The van der Waals surface area contributed by atoms with Crippen LogP contribution in [-0.2, 0) is 11.2 Å².